The zero-order chi connectivity index (χ0) is 9.56. The van der Waals surface area contributed by atoms with Crippen molar-refractivity contribution in [1.82, 2.24) is 0 Å². The monoisotopic (exact) mass is 175 g/mol. The number of hydrogen-bond donors (Lipinski definition) is 2. The molecule has 0 aliphatic rings. The smallest absolute Gasteiger partial charge is 0.0604 e. The molecule has 2 atom stereocenters. The Balaban J connectivity index is 3.77. The summed E-state index contributed by atoms with van der Waals surface area (Å²) in [6.45, 7) is 5.30. The molecule has 0 bridgehead atoms. The second-order valence-corrected chi connectivity index (χ2v) is 3.49. The van der Waals surface area contributed by atoms with Crippen LogP contribution < -0.4 is 5.73 Å². The van der Waals surface area contributed by atoms with E-state index in [-0.39, 0.29) is 12.0 Å². The van der Waals surface area contributed by atoms with Crippen LogP contribution in [-0.2, 0) is 4.74 Å². The molecule has 74 valence electrons. The van der Waals surface area contributed by atoms with Crippen LogP contribution in [0.25, 0.3) is 0 Å². The summed E-state index contributed by atoms with van der Waals surface area (Å²) in [5, 5.41) is 9.65. The van der Waals surface area contributed by atoms with E-state index in [1.165, 1.54) is 0 Å². The Bertz CT molecular complexity index is 107. The van der Waals surface area contributed by atoms with Gasteiger partial charge in [0.2, 0.25) is 0 Å². The summed E-state index contributed by atoms with van der Waals surface area (Å²) in [5.74, 6) is 0.627. The fraction of sp³-hybridized carbons (Fsp3) is 1.00. The first-order chi connectivity index (χ1) is 5.63. The lowest BCUT2D eigenvalue weighted by Crippen LogP contribution is -2.32. The topological polar surface area (TPSA) is 55.5 Å². The van der Waals surface area contributed by atoms with Gasteiger partial charge < -0.3 is 15.6 Å². The maximum atomic E-state index is 9.65. The predicted molar refractivity (Wildman–Crippen MR) is 49.9 cm³/mol. The quantitative estimate of drug-likeness (QED) is 0.622. The van der Waals surface area contributed by atoms with E-state index in [2.05, 4.69) is 13.8 Å². The van der Waals surface area contributed by atoms with E-state index >= 15 is 0 Å². The first kappa shape index (κ1) is 11.9. The van der Waals surface area contributed by atoms with Crippen LogP contribution in [0.4, 0.5) is 0 Å². The van der Waals surface area contributed by atoms with Gasteiger partial charge in [-0.2, -0.15) is 0 Å². The lowest BCUT2D eigenvalue weighted by atomic mass is 9.89. The van der Waals surface area contributed by atoms with Crippen molar-refractivity contribution in [3.05, 3.63) is 0 Å². The fourth-order valence-corrected chi connectivity index (χ4v) is 1.33. The summed E-state index contributed by atoms with van der Waals surface area (Å²) in [5.41, 5.74) is 5.55. The molecular formula is C9H21NO2. The molecule has 12 heavy (non-hydrogen) atoms. The summed E-state index contributed by atoms with van der Waals surface area (Å²) in [7, 11) is 1.64. The van der Waals surface area contributed by atoms with Crippen molar-refractivity contribution in [3.8, 4) is 0 Å². The van der Waals surface area contributed by atoms with Gasteiger partial charge in [-0.15, -0.1) is 0 Å². The third kappa shape index (κ3) is 4.04. The molecule has 0 aromatic heterocycles. The van der Waals surface area contributed by atoms with Gasteiger partial charge >= 0.3 is 0 Å². The van der Waals surface area contributed by atoms with Gasteiger partial charge in [0.15, 0.2) is 0 Å². The average Bonchev–Trinajstić information content (AvgIpc) is 2.01. The average molecular weight is 175 g/mol. The van der Waals surface area contributed by atoms with Gasteiger partial charge in [0.1, 0.15) is 0 Å². The minimum atomic E-state index is -0.324. The third-order valence-electron chi connectivity index (χ3n) is 2.24. The van der Waals surface area contributed by atoms with E-state index in [1.54, 1.807) is 7.11 Å². The van der Waals surface area contributed by atoms with Crippen molar-refractivity contribution in [2.24, 2.45) is 17.6 Å². The molecule has 0 aliphatic heterocycles. The summed E-state index contributed by atoms with van der Waals surface area (Å²) in [6.07, 6.45) is 0.353. The summed E-state index contributed by atoms with van der Waals surface area (Å²) >= 11 is 0. The maximum absolute atomic E-state index is 9.65. The molecule has 3 nitrogen and oxygen atoms in total. The Kier molecular flexibility index (Phi) is 6.34. The lowest BCUT2D eigenvalue weighted by Gasteiger charge is -2.24. The molecule has 0 aromatic carbocycles. The molecule has 0 saturated carbocycles. The first-order valence-electron chi connectivity index (χ1n) is 4.50. The third-order valence-corrected chi connectivity index (χ3v) is 2.24. The van der Waals surface area contributed by atoms with Crippen molar-refractivity contribution in [2.45, 2.75) is 26.4 Å². The molecule has 2 unspecified atom stereocenters. The minimum Gasteiger partial charge on any atom is -0.393 e. The molecule has 0 heterocycles. The Hall–Kier alpha value is -0.120. The van der Waals surface area contributed by atoms with Gasteiger partial charge in [-0.05, 0) is 24.8 Å². The fourth-order valence-electron chi connectivity index (χ4n) is 1.33. The van der Waals surface area contributed by atoms with Gasteiger partial charge in [0, 0.05) is 13.7 Å². The van der Waals surface area contributed by atoms with Gasteiger partial charge in [0.05, 0.1) is 6.10 Å². The second-order valence-electron chi connectivity index (χ2n) is 3.49. The Morgan fingerprint density at radius 1 is 1.42 bits per heavy atom. The van der Waals surface area contributed by atoms with E-state index < -0.39 is 0 Å². The molecule has 0 spiro atoms. The number of rotatable bonds is 6. The van der Waals surface area contributed by atoms with Crippen LogP contribution >= 0.6 is 0 Å². The van der Waals surface area contributed by atoms with E-state index in [0.717, 1.165) is 0 Å². The van der Waals surface area contributed by atoms with Crippen molar-refractivity contribution in [1.29, 1.82) is 0 Å². The first-order valence-corrected chi connectivity index (χ1v) is 4.50. The maximum Gasteiger partial charge on any atom is 0.0604 e. The number of aliphatic hydroxyl groups excluding tert-OH is 1. The van der Waals surface area contributed by atoms with Gasteiger partial charge in [-0.25, -0.2) is 0 Å². The Labute approximate surface area is 74.9 Å². The number of ether oxygens (including phenoxy) is 1. The molecule has 0 saturated heterocycles. The molecule has 0 aliphatic carbocycles. The largest absolute Gasteiger partial charge is 0.393 e. The van der Waals surface area contributed by atoms with Crippen LogP contribution in [0.15, 0.2) is 0 Å². The van der Waals surface area contributed by atoms with E-state index in [0.29, 0.717) is 25.5 Å². The number of hydrogen-bond acceptors (Lipinski definition) is 3. The Morgan fingerprint density at radius 2 is 2.00 bits per heavy atom. The summed E-state index contributed by atoms with van der Waals surface area (Å²) < 4.78 is 4.89. The van der Waals surface area contributed by atoms with Gasteiger partial charge in [0.25, 0.3) is 0 Å². The van der Waals surface area contributed by atoms with Crippen molar-refractivity contribution < 1.29 is 9.84 Å². The molecule has 3 N–H and O–H groups in total. The Morgan fingerprint density at radius 3 is 2.33 bits per heavy atom. The standard InChI is InChI=1S/C9H21NO2/c1-7(2)8(6-10)9(11)4-5-12-3/h7-9,11H,4-6,10H2,1-3H3. The van der Waals surface area contributed by atoms with Crippen molar-refractivity contribution in [3.63, 3.8) is 0 Å². The molecule has 0 rings (SSSR count). The SMILES string of the molecule is COCCC(O)C(CN)C(C)C. The molecule has 3 heteroatoms. The van der Waals surface area contributed by atoms with E-state index in [9.17, 15) is 5.11 Å². The molecule has 0 radical (unpaired) electrons. The van der Waals surface area contributed by atoms with E-state index in [1.807, 2.05) is 0 Å². The summed E-state index contributed by atoms with van der Waals surface area (Å²) in [4.78, 5) is 0. The number of methoxy groups -OCH3 is 1. The minimum absolute atomic E-state index is 0.195. The zero-order valence-corrected chi connectivity index (χ0v) is 8.29. The highest BCUT2D eigenvalue weighted by Crippen LogP contribution is 2.16. The van der Waals surface area contributed by atoms with Crippen molar-refractivity contribution in [2.75, 3.05) is 20.3 Å². The summed E-state index contributed by atoms with van der Waals surface area (Å²) in [6, 6.07) is 0. The predicted octanol–water partition coefficient (Wildman–Crippen LogP) is 0.615. The van der Waals surface area contributed by atoms with Crippen molar-refractivity contribution >= 4 is 0 Å². The highest BCUT2D eigenvalue weighted by atomic mass is 16.5. The molecule has 0 amide bonds. The van der Waals surface area contributed by atoms with Gasteiger partial charge in [-0.1, -0.05) is 13.8 Å². The van der Waals surface area contributed by atoms with E-state index in [4.69, 9.17) is 10.5 Å². The number of nitrogens with two attached hydrogens (primary N) is 1. The lowest BCUT2D eigenvalue weighted by molar-refractivity contribution is 0.0516. The highest BCUT2D eigenvalue weighted by molar-refractivity contribution is 4.72. The molecule has 0 fully saturated rings. The van der Waals surface area contributed by atoms with Gasteiger partial charge in [-0.3, -0.25) is 0 Å². The molecule has 0 aromatic rings. The molecular weight excluding hydrogens is 154 g/mol. The number of aliphatic hydroxyl groups is 1. The van der Waals surface area contributed by atoms with Crippen LogP contribution in [0.1, 0.15) is 20.3 Å². The van der Waals surface area contributed by atoms with Crippen LogP contribution in [0.5, 0.6) is 0 Å². The second kappa shape index (κ2) is 6.40. The van der Waals surface area contributed by atoms with Crippen LogP contribution in [-0.4, -0.2) is 31.5 Å². The van der Waals surface area contributed by atoms with Crippen LogP contribution in [0, 0.1) is 11.8 Å². The highest BCUT2D eigenvalue weighted by Gasteiger charge is 2.20. The zero-order valence-electron chi connectivity index (χ0n) is 8.29. The normalized spacial score (nSPS) is 16.5. The van der Waals surface area contributed by atoms with Crippen LogP contribution in [0.2, 0.25) is 0 Å². The van der Waals surface area contributed by atoms with Crippen LogP contribution in [0.3, 0.4) is 0 Å².